The highest BCUT2D eigenvalue weighted by molar-refractivity contribution is 5.27. The van der Waals surface area contributed by atoms with Crippen LogP contribution in [0.15, 0.2) is 18.2 Å². The average molecular weight is 226 g/mol. The zero-order valence-electron chi connectivity index (χ0n) is 10.2. The van der Waals surface area contributed by atoms with Gasteiger partial charge in [-0.05, 0) is 44.9 Å². The van der Waals surface area contributed by atoms with Gasteiger partial charge in [-0.15, -0.1) is 0 Å². The van der Waals surface area contributed by atoms with Gasteiger partial charge in [0.05, 0.1) is 12.7 Å². The molecule has 0 aromatic heterocycles. The number of aryl methyl sites for hydroxylation is 1. The van der Waals surface area contributed by atoms with E-state index in [1.54, 1.807) is 26.0 Å². The molecule has 90 valence electrons. The second kappa shape index (κ2) is 4.93. The number of aliphatic hydroxyl groups is 1. The Labute approximate surface area is 96.1 Å². The Hall–Kier alpha value is -0.930. The zero-order valence-corrected chi connectivity index (χ0v) is 10.2. The van der Waals surface area contributed by atoms with Gasteiger partial charge in [-0.3, -0.25) is 0 Å². The molecule has 3 heteroatoms. The summed E-state index contributed by atoms with van der Waals surface area (Å²) in [5.41, 5.74) is -0.0423. The Morgan fingerprint density at radius 2 is 2.06 bits per heavy atom. The molecule has 0 aliphatic heterocycles. The number of halogens is 1. The first kappa shape index (κ1) is 13.1. The van der Waals surface area contributed by atoms with Gasteiger partial charge in [0.15, 0.2) is 0 Å². The predicted octanol–water partition coefficient (Wildman–Crippen LogP) is 2.77. The molecule has 1 aromatic rings. The van der Waals surface area contributed by atoms with Gasteiger partial charge in [-0.1, -0.05) is 12.1 Å². The number of ether oxygens (including phenoxy) is 1. The topological polar surface area (TPSA) is 29.5 Å². The summed E-state index contributed by atoms with van der Waals surface area (Å²) < 4.78 is 18.7. The molecule has 1 unspecified atom stereocenters. The summed E-state index contributed by atoms with van der Waals surface area (Å²) in [6, 6.07) is 4.75. The third-order valence-electron chi connectivity index (χ3n) is 2.49. The SMILES string of the molecule is Cc1ccc(C(C)(O)COC(C)C)cc1F. The van der Waals surface area contributed by atoms with Gasteiger partial charge in [0, 0.05) is 0 Å². The fraction of sp³-hybridized carbons (Fsp3) is 0.538. The highest BCUT2D eigenvalue weighted by atomic mass is 19.1. The van der Waals surface area contributed by atoms with Gasteiger partial charge in [-0.25, -0.2) is 4.39 Å². The summed E-state index contributed by atoms with van der Waals surface area (Å²) in [6.45, 7) is 7.27. The van der Waals surface area contributed by atoms with Crippen LogP contribution in [0, 0.1) is 12.7 Å². The first-order chi connectivity index (χ1) is 7.33. The van der Waals surface area contributed by atoms with E-state index >= 15 is 0 Å². The standard InChI is InChI=1S/C13H19FO2/c1-9(2)16-8-13(4,15)11-6-5-10(3)12(14)7-11/h5-7,9,15H,8H2,1-4H3. The van der Waals surface area contributed by atoms with E-state index in [0.717, 1.165) is 0 Å². The molecule has 0 aliphatic rings. The lowest BCUT2D eigenvalue weighted by Gasteiger charge is -2.25. The summed E-state index contributed by atoms with van der Waals surface area (Å²) in [7, 11) is 0. The van der Waals surface area contributed by atoms with Crippen molar-refractivity contribution in [2.24, 2.45) is 0 Å². The van der Waals surface area contributed by atoms with Crippen molar-refractivity contribution in [3.05, 3.63) is 35.1 Å². The average Bonchev–Trinajstić information content (AvgIpc) is 2.19. The molecule has 2 nitrogen and oxygen atoms in total. The molecular weight excluding hydrogens is 207 g/mol. The van der Waals surface area contributed by atoms with Gasteiger partial charge in [0.2, 0.25) is 0 Å². The second-order valence-corrected chi connectivity index (χ2v) is 4.60. The van der Waals surface area contributed by atoms with Gasteiger partial charge < -0.3 is 9.84 Å². The predicted molar refractivity (Wildman–Crippen MR) is 61.8 cm³/mol. The largest absolute Gasteiger partial charge is 0.383 e. The smallest absolute Gasteiger partial charge is 0.126 e. The molecule has 0 spiro atoms. The summed E-state index contributed by atoms with van der Waals surface area (Å²) in [5.74, 6) is -0.303. The zero-order chi connectivity index (χ0) is 12.3. The van der Waals surface area contributed by atoms with E-state index < -0.39 is 5.60 Å². The number of hydrogen-bond donors (Lipinski definition) is 1. The summed E-state index contributed by atoms with van der Waals surface area (Å²) in [6.07, 6.45) is 0.0433. The molecule has 1 N–H and O–H groups in total. The molecule has 0 heterocycles. The van der Waals surface area contributed by atoms with Crippen molar-refractivity contribution in [3.8, 4) is 0 Å². The fourth-order valence-corrected chi connectivity index (χ4v) is 1.34. The van der Waals surface area contributed by atoms with Crippen molar-refractivity contribution >= 4 is 0 Å². The molecule has 1 atom stereocenters. The molecular formula is C13H19FO2. The first-order valence-electron chi connectivity index (χ1n) is 5.43. The number of rotatable bonds is 4. The lowest BCUT2D eigenvalue weighted by molar-refractivity contribution is -0.0576. The molecule has 0 radical (unpaired) electrons. The van der Waals surface area contributed by atoms with Crippen LogP contribution < -0.4 is 0 Å². The summed E-state index contributed by atoms with van der Waals surface area (Å²) >= 11 is 0. The maximum atomic E-state index is 13.4. The van der Waals surface area contributed by atoms with Crippen molar-refractivity contribution in [3.63, 3.8) is 0 Å². The molecule has 0 saturated carbocycles. The Kier molecular flexibility index (Phi) is 4.05. The van der Waals surface area contributed by atoms with Crippen LogP contribution in [0.5, 0.6) is 0 Å². The van der Waals surface area contributed by atoms with E-state index in [-0.39, 0.29) is 18.5 Å². The van der Waals surface area contributed by atoms with Crippen LogP contribution in [0.4, 0.5) is 4.39 Å². The third kappa shape index (κ3) is 3.29. The van der Waals surface area contributed by atoms with Gasteiger partial charge in [0.25, 0.3) is 0 Å². The van der Waals surface area contributed by atoms with Crippen molar-refractivity contribution in [1.29, 1.82) is 0 Å². The van der Waals surface area contributed by atoms with Crippen LogP contribution in [0.3, 0.4) is 0 Å². The minimum atomic E-state index is -1.15. The molecule has 0 saturated heterocycles. The van der Waals surface area contributed by atoms with Gasteiger partial charge in [0.1, 0.15) is 11.4 Å². The van der Waals surface area contributed by atoms with E-state index in [2.05, 4.69) is 0 Å². The first-order valence-corrected chi connectivity index (χ1v) is 5.43. The Balaban J connectivity index is 2.84. The van der Waals surface area contributed by atoms with E-state index in [4.69, 9.17) is 4.74 Å². The molecule has 0 aliphatic carbocycles. The maximum Gasteiger partial charge on any atom is 0.126 e. The highest BCUT2D eigenvalue weighted by Gasteiger charge is 2.24. The molecule has 0 fully saturated rings. The molecule has 16 heavy (non-hydrogen) atoms. The summed E-state index contributed by atoms with van der Waals surface area (Å²) in [5, 5.41) is 10.2. The number of hydrogen-bond acceptors (Lipinski definition) is 2. The van der Waals surface area contributed by atoms with Gasteiger partial charge >= 0.3 is 0 Å². The lowest BCUT2D eigenvalue weighted by atomic mass is 9.96. The van der Waals surface area contributed by atoms with E-state index in [1.807, 2.05) is 13.8 Å². The summed E-state index contributed by atoms with van der Waals surface area (Å²) in [4.78, 5) is 0. The molecule has 0 amide bonds. The minimum Gasteiger partial charge on any atom is -0.383 e. The highest BCUT2D eigenvalue weighted by Crippen LogP contribution is 2.23. The maximum absolute atomic E-state index is 13.4. The Bertz CT molecular complexity index is 359. The quantitative estimate of drug-likeness (QED) is 0.855. The van der Waals surface area contributed by atoms with E-state index in [1.165, 1.54) is 6.07 Å². The molecule has 1 rings (SSSR count). The van der Waals surface area contributed by atoms with E-state index in [0.29, 0.717) is 11.1 Å². The van der Waals surface area contributed by atoms with Crippen LogP contribution in [0.25, 0.3) is 0 Å². The van der Waals surface area contributed by atoms with Crippen LogP contribution in [0.1, 0.15) is 31.9 Å². The van der Waals surface area contributed by atoms with Crippen molar-refractivity contribution in [1.82, 2.24) is 0 Å². The molecule has 0 bridgehead atoms. The van der Waals surface area contributed by atoms with Crippen LogP contribution >= 0.6 is 0 Å². The normalized spacial score (nSPS) is 15.2. The minimum absolute atomic E-state index is 0.0433. The third-order valence-corrected chi connectivity index (χ3v) is 2.49. The van der Waals surface area contributed by atoms with Gasteiger partial charge in [-0.2, -0.15) is 0 Å². The Morgan fingerprint density at radius 3 is 2.56 bits per heavy atom. The fourth-order valence-electron chi connectivity index (χ4n) is 1.34. The van der Waals surface area contributed by atoms with Crippen LogP contribution in [0.2, 0.25) is 0 Å². The Morgan fingerprint density at radius 1 is 1.44 bits per heavy atom. The number of benzene rings is 1. The second-order valence-electron chi connectivity index (χ2n) is 4.60. The van der Waals surface area contributed by atoms with Crippen molar-refractivity contribution in [2.75, 3.05) is 6.61 Å². The monoisotopic (exact) mass is 226 g/mol. The molecule has 1 aromatic carbocycles. The van der Waals surface area contributed by atoms with E-state index in [9.17, 15) is 9.50 Å². The van der Waals surface area contributed by atoms with Crippen LogP contribution in [-0.4, -0.2) is 17.8 Å². The van der Waals surface area contributed by atoms with Crippen molar-refractivity contribution in [2.45, 2.75) is 39.4 Å². The lowest BCUT2D eigenvalue weighted by Crippen LogP contribution is -2.29. The van der Waals surface area contributed by atoms with Crippen molar-refractivity contribution < 1.29 is 14.2 Å². The van der Waals surface area contributed by atoms with Crippen LogP contribution in [-0.2, 0) is 10.3 Å².